The van der Waals surface area contributed by atoms with E-state index >= 15 is 0 Å². The van der Waals surface area contributed by atoms with Crippen molar-refractivity contribution in [3.8, 4) is 0 Å². The number of nitrogens with one attached hydrogen (secondary N) is 1. The molecule has 0 bridgehead atoms. The van der Waals surface area contributed by atoms with Crippen LogP contribution in [0.5, 0.6) is 0 Å². The third-order valence-electron chi connectivity index (χ3n) is 6.42. The maximum Gasteiger partial charge on any atom is 0.454 e. The molecule has 0 spiro atoms. The summed E-state index contributed by atoms with van der Waals surface area (Å²) in [4.78, 5) is 25.8. The van der Waals surface area contributed by atoms with Crippen LogP contribution in [0.15, 0.2) is 38.4 Å². The molecule has 0 amide bonds. The van der Waals surface area contributed by atoms with Gasteiger partial charge in [0, 0.05) is 29.0 Å². The second-order valence-corrected chi connectivity index (χ2v) is 11.9. The van der Waals surface area contributed by atoms with E-state index in [-0.39, 0.29) is 34.6 Å². The molecule has 0 aliphatic carbocycles. The number of aromatic amines is 1. The highest BCUT2D eigenvalue weighted by Gasteiger charge is 2.44. The normalized spacial score (nSPS) is 16.5. The van der Waals surface area contributed by atoms with Crippen LogP contribution >= 0.6 is 21.0 Å². The van der Waals surface area contributed by atoms with Gasteiger partial charge in [-0.3, -0.25) is 4.79 Å². The second kappa shape index (κ2) is 9.34. The topological polar surface area (TPSA) is 82.4 Å². The Hall–Kier alpha value is -3.09. The van der Waals surface area contributed by atoms with Gasteiger partial charge in [0.25, 0.3) is 5.78 Å². The third-order valence-corrected chi connectivity index (χ3v) is 9.10. The fraction of sp³-hybridized carbons (Fsp3) is 0.292. The summed E-state index contributed by atoms with van der Waals surface area (Å²) < 4.78 is 62.5. The van der Waals surface area contributed by atoms with Gasteiger partial charge in [-0.2, -0.15) is 13.2 Å². The average molecular weight is 559 g/mol. The maximum absolute atomic E-state index is 15.0. The molecule has 198 valence electrons. The Balaban J connectivity index is 1.95. The largest absolute Gasteiger partial charge is 0.454 e. The van der Waals surface area contributed by atoms with E-state index in [1.165, 1.54) is 12.1 Å². The van der Waals surface area contributed by atoms with Gasteiger partial charge in [0.05, 0.1) is 12.4 Å². The molecular weight excluding hydrogens is 536 g/mol. The Morgan fingerprint density at radius 1 is 1.30 bits per heavy atom. The predicted molar refractivity (Wildman–Crippen MR) is 136 cm³/mol. The number of aromatic nitrogens is 2. The van der Waals surface area contributed by atoms with Gasteiger partial charge in [0.1, 0.15) is 11.9 Å². The highest BCUT2D eigenvalue weighted by Crippen LogP contribution is 2.53. The van der Waals surface area contributed by atoms with E-state index in [1.807, 2.05) is 6.92 Å². The molecule has 1 aromatic heterocycles. The molecule has 0 radical (unpaired) electrons. The first-order valence-corrected chi connectivity index (χ1v) is 13.2. The van der Waals surface area contributed by atoms with Crippen molar-refractivity contribution >= 4 is 44.2 Å². The van der Waals surface area contributed by atoms with Crippen LogP contribution in [0.2, 0.25) is 5.02 Å². The lowest BCUT2D eigenvalue weighted by atomic mass is 9.97. The number of halogens is 5. The van der Waals surface area contributed by atoms with Gasteiger partial charge < -0.3 is 9.32 Å². The van der Waals surface area contributed by atoms with Crippen molar-refractivity contribution in [3.05, 3.63) is 73.8 Å². The molecule has 1 aliphatic rings. The number of carbonyl (C=O) groups excluding carboxylic acids is 1. The number of aryl methyl sites for hydroxylation is 1. The number of Topliss-reactive ketones (excluding diaryl/α,β-unsaturated/α-hetero) is 1. The number of hydrogen-bond donors (Lipinski definition) is 1. The Labute approximate surface area is 215 Å². The van der Waals surface area contributed by atoms with E-state index in [2.05, 4.69) is 21.9 Å². The first-order valence-electron chi connectivity index (χ1n) is 10.9. The van der Waals surface area contributed by atoms with Crippen LogP contribution in [0.3, 0.4) is 0 Å². The van der Waals surface area contributed by atoms with Crippen molar-refractivity contribution in [2.24, 2.45) is 0 Å². The third kappa shape index (κ3) is 4.80. The van der Waals surface area contributed by atoms with Crippen molar-refractivity contribution in [2.45, 2.75) is 37.4 Å². The molecular formula is C24H23ClF4N4O3S. The molecule has 1 unspecified atom stereocenters. The molecule has 0 saturated carbocycles. The van der Waals surface area contributed by atoms with Gasteiger partial charge in [0.2, 0.25) is 5.89 Å². The first-order chi connectivity index (χ1) is 17.1. The molecule has 1 N–H and O–H groups in total. The minimum atomic E-state index is -5.18. The molecule has 0 fully saturated rings. The average Bonchev–Trinajstić information content (AvgIpc) is 3.23. The maximum atomic E-state index is 15.0. The minimum Gasteiger partial charge on any atom is -0.391 e. The zero-order valence-electron chi connectivity index (χ0n) is 20.1. The Bertz CT molecular complexity index is 1560. The predicted octanol–water partition coefficient (Wildman–Crippen LogP) is 5.15. The SMILES string of the molecule is C=S1(=C)c2c(C(=O)C(F)(F)F)cc(Cl)cc2N(C)CN1C(Cc1c(F)ccc(C)c1C)c1n[nH]c(=O)o1. The number of nitrogens with zero attached hydrogens (tertiary/aromatic N) is 3. The second-order valence-electron chi connectivity index (χ2n) is 8.87. The van der Waals surface area contributed by atoms with Gasteiger partial charge in [-0.05, 0) is 48.7 Å². The smallest absolute Gasteiger partial charge is 0.391 e. The molecule has 2 heterocycles. The monoisotopic (exact) mass is 558 g/mol. The highest BCUT2D eigenvalue weighted by molar-refractivity contribution is 8.26. The van der Waals surface area contributed by atoms with Crippen molar-refractivity contribution < 1.29 is 26.8 Å². The summed E-state index contributed by atoms with van der Waals surface area (Å²) in [6, 6.07) is 4.34. The fourth-order valence-electron chi connectivity index (χ4n) is 4.42. The number of fused-ring (bicyclic) bond motifs is 1. The van der Waals surface area contributed by atoms with Crippen LogP contribution in [0.1, 0.15) is 39.0 Å². The lowest BCUT2D eigenvalue weighted by Gasteiger charge is -2.45. The first kappa shape index (κ1) is 27.0. The number of rotatable bonds is 5. The van der Waals surface area contributed by atoms with Crippen molar-refractivity contribution in [1.29, 1.82) is 0 Å². The van der Waals surface area contributed by atoms with Crippen LogP contribution in [-0.4, -0.2) is 51.9 Å². The number of anilines is 1. The zero-order valence-corrected chi connectivity index (χ0v) is 21.7. The van der Waals surface area contributed by atoms with Gasteiger partial charge in [-0.1, -0.05) is 29.4 Å². The number of alkyl halides is 3. The van der Waals surface area contributed by atoms with Gasteiger partial charge in [-0.15, -0.1) is 14.5 Å². The molecule has 1 aliphatic heterocycles. The number of benzene rings is 2. The molecule has 2 aromatic carbocycles. The van der Waals surface area contributed by atoms with E-state index in [9.17, 15) is 27.2 Å². The van der Waals surface area contributed by atoms with E-state index in [0.29, 0.717) is 11.1 Å². The summed E-state index contributed by atoms with van der Waals surface area (Å²) in [7, 11) is -1.30. The lowest BCUT2D eigenvalue weighted by molar-refractivity contribution is -0.0887. The van der Waals surface area contributed by atoms with E-state index < -0.39 is 44.5 Å². The summed E-state index contributed by atoms with van der Waals surface area (Å²) in [5.41, 5.74) is 1.36. The Morgan fingerprint density at radius 3 is 2.57 bits per heavy atom. The summed E-state index contributed by atoms with van der Waals surface area (Å²) >= 11 is 6.09. The van der Waals surface area contributed by atoms with E-state index in [4.69, 9.17) is 16.0 Å². The molecule has 13 heteroatoms. The van der Waals surface area contributed by atoms with Gasteiger partial charge in [-0.25, -0.2) is 18.6 Å². The van der Waals surface area contributed by atoms with E-state index in [0.717, 1.165) is 11.6 Å². The number of carbonyl (C=O) groups is 1. The Morgan fingerprint density at radius 2 is 1.97 bits per heavy atom. The lowest BCUT2D eigenvalue weighted by Crippen LogP contribution is -2.42. The van der Waals surface area contributed by atoms with E-state index in [1.54, 1.807) is 29.2 Å². The number of hydrogen-bond acceptors (Lipinski definition) is 6. The fourth-order valence-corrected chi connectivity index (χ4v) is 7.08. The minimum absolute atomic E-state index is 0.0308. The van der Waals surface area contributed by atoms with Crippen molar-refractivity contribution in [3.63, 3.8) is 0 Å². The summed E-state index contributed by atoms with van der Waals surface area (Å²) in [6.45, 7) is 3.58. The van der Waals surface area contributed by atoms with Crippen molar-refractivity contribution in [2.75, 3.05) is 18.6 Å². The molecule has 1 atom stereocenters. The summed E-state index contributed by atoms with van der Waals surface area (Å²) in [5, 5.41) is 6.04. The Kier molecular flexibility index (Phi) is 6.80. The van der Waals surface area contributed by atoms with Crippen LogP contribution in [-0.2, 0) is 6.42 Å². The van der Waals surface area contributed by atoms with Crippen LogP contribution in [0.25, 0.3) is 0 Å². The summed E-state index contributed by atoms with van der Waals surface area (Å²) in [6.07, 6.45) is -5.24. The number of H-pyrrole nitrogens is 1. The standard InChI is InChI=1S/C24H23ClF4N4O3S/c1-12-6-7-17(26)15(13(12)2)10-19(22-30-31-23(35)36-22)33-11-32(3)18-9-14(25)8-16(20(18)37(33,4)5)21(34)24(27,28)29/h6-9,19H,4-5,10-11H2,1-3H3,(H,31,35). The molecule has 0 saturated heterocycles. The van der Waals surface area contributed by atoms with Crippen molar-refractivity contribution in [1.82, 2.24) is 14.5 Å². The van der Waals surface area contributed by atoms with Gasteiger partial charge in [0.15, 0.2) is 0 Å². The molecule has 3 aromatic rings. The molecule has 37 heavy (non-hydrogen) atoms. The molecule has 7 nitrogen and oxygen atoms in total. The highest BCUT2D eigenvalue weighted by atomic mass is 35.5. The summed E-state index contributed by atoms with van der Waals surface area (Å²) in [5.74, 6) is 4.73. The number of ketones is 1. The quantitative estimate of drug-likeness (QED) is 0.265. The van der Waals surface area contributed by atoms with Crippen LogP contribution < -0.4 is 10.7 Å². The molecule has 4 rings (SSSR count). The zero-order chi connectivity index (χ0) is 27.4. The van der Waals surface area contributed by atoms with Crippen LogP contribution in [0.4, 0.5) is 23.2 Å². The van der Waals surface area contributed by atoms with Crippen LogP contribution in [0, 0.1) is 19.7 Å². The van der Waals surface area contributed by atoms with Gasteiger partial charge >= 0.3 is 11.9 Å².